The van der Waals surface area contributed by atoms with E-state index in [1.165, 1.54) is 0 Å². The summed E-state index contributed by atoms with van der Waals surface area (Å²) in [4.78, 5) is 51.8. The molecule has 1 saturated heterocycles. The Morgan fingerprint density at radius 1 is 0.444 bits per heavy atom. The first-order chi connectivity index (χ1) is 35.4. The molecule has 0 N–H and O–H groups in total. The summed E-state index contributed by atoms with van der Waals surface area (Å²) in [5.74, 6) is 0.463. The van der Waals surface area contributed by atoms with E-state index in [9.17, 15) is 9.59 Å². The van der Waals surface area contributed by atoms with Crippen LogP contribution >= 0.6 is 0 Å². The molecule has 1 fully saturated rings. The van der Waals surface area contributed by atoms with Crippen molar-refractivity contribution in [3.8, 4) is 23.0 Å². The standard InChI is InChI=1S/C62H56N2O8/c65-59(54-39-56(69-43-48-24-11-3-12-25-48)60(71-45-50-28-15-5-16-29-50)57(40-54)70-44-49-26-13-4-14-27-49)52-30-19-31-53(38-52)61(66)63(41-46-20-7-1-8-21-46)58-32-17-6-18-37-64(58)72-62(67)51-33-35-55(36-34-51)68-42-47-22-9-2-10-23-47/h1-5,7-16,19-31,33-36,38-40,58H,6,17-18,32,37,41-45H2. The zero-order valence-electron chi connectivity index (χ0n) is 40.0. The zero-order valence-corrected chi connectivity index (χ0v) is 40.0. The fourth-order valence-electron chi connectivity index (χ4n) is 8.55. The highest BCUT2D eigenvalue weighted by molar-refractivity contribution is 6.11. The summed E-state index contributed by atoms with van der Waals surface area (Å²) in [6.07, 6.45) is 2.45. The Balaban J connectivity index is 1.00. The molecule has 1 heterocycles. The number of benzene rings is 8. The molecule has 10 nitrogen and oxygen atoms in total. The Labute approximate surface area is 420 Å². The van der Waals surface area contributed by atoms with Crippen LogP contribution in [0, 0.1) is 0 Å². The molecule has 1 unspecified atom stereocenters. The smallest absolute Gasteiger partial charge is 0.357 e. The number of hydroxylamine groups is 2. The molecule has 1 atom stereocenters. The Morgan fingerprint density at radius 2 is 0.931 bits per heavy atom. The third kappa shape index (κ3) is 13.0. The van der Waals surface area contributed by atoms with Gasteiger partial charge in [-0.3, -0.25) is 9.59 Å². The van der Waals surface area contributed by atoms with E-state index in [1.54, 1.807) is 70.6 Å². The molecule has 0 aliphatic carbocycles. The topological polar surface area (TPSA) is 104 Å². The predicted molar refractivity (Wildman–Crippen MR) is 277 cm³/mol. The second kappa shape index (κ2) is 24.4. The lowest BCUT2D eigenvalue weighted by molar-refractivity contribution is -0.168. The highest BCUT2D eigenvalue weighted by atomic mass is 16.7. The van der Waals surface area contributed by atoms with Gasteiger partial charge in [0.15, 0.2) is 17.3 Å². The average molecular weight is 957 g/mol. The number of rotatable bonds is 20. The van der Waals surface area contributed by atoms with E-state index in [4.69, 9.17) is 23.8 Å². The number of hydrogen-bond donors (Lipinski definition) is 0. The van der Waals surface area contributed by atoms with Gasteiger partial charge in [-0.25, -0.2) is 4.79 Å². The number of ether oxygens (including phenoxy) is 4. The van der Waals surface area contributed by atoms with Crippen molar-refractivity contribution in [2.45, 2.75) is 64.8 Å². The van der Waals surface area contributed by atoms with Gasteiger partial charge >= 0.3 is 5.97 Å². The second-order valence-corrected chi connectivity index (χ2v) is 17.6. The lowest BCUT2D eigenvalue weighted by Crippen LogP contribution is -2.51. The number of hydrogen-bond acceptors (Lipinski definition) is 9. The minimum atomic E-state index is -0.603. The predicted octanol–water partition coefficient (Wildman–Crippen LogP) is 12.9. The molecular weight excluding hydrogens is 901 g/mol. The first-order valence-corrected chi connectivity index (χ1v) is 24.4. The number of ketones is 1. The summed E-state index contributed by atoms with van der Waals surface area (Å²) in [5.41, 5.74) is 6.00. The summed E-state index contributed by atoms with van der Waals surface area (Å²) in [6.45, 7) is 1.72. The van der Waals surface area contributed by atoms with Crippen LogP contribution in [0.5, 0.6) is 23.0 Å². The van der Waals surface area contributed by atoms with Gasteiger partial charge in [-0.05, 0) is 95.6 Å². The Bertz CT molecular complexity index is 2950. The molecule has 0 aromatic heterocycles. The van der Waals surface area contributed by atoms with Gasteiger partial charge in [0.2, 0.25) is 5.75 Å². The van der Waals surface area contributed by atoms with Gasteiger partial charge < -0.3 is 28.7 Å². The maximum Gasteiger partial charge on any atom is 0.357 e. The molecule has 1 amide bonds. The van der Waals surface area contributed by atoms with E-state index >= 15 is 4.79 Å². The number of amides is 1. The number of carbonyl (C=O) groups excluding carboxylic acids is 3. The summed E-state index contributed by atoms with van der Waals surface area (Å²) >= 11 is 0. The van der Waals surface area contributed by atoms with Crippen LogP contribution in [0.25, 0.3) is 0 Å². The Kier molecular flexibility index (Phi) is 16.4. The van der Waals surface area contributed by atoms with Crippen molar-refractivity contribution in [1.29, 1.82) is 0 Å². The van der Waals surface area contributed by atoms with Gasteiger partial charge in [-0.1, -0.05) is 170 Å². The molecule has 8 aromatic carbocycles. The molecule has 362 valence electrons. The van der Waals surface area contributed by atoms with Crippen LogP contribution in [0.1, 0.15) is 90.1 Å². The van der Waals surface area contributed by atoms with Crippen LogP contribution in [-0.2, 0) is 37.8 Å². The van der Waals surface area contributed by atoms with E-state index < -0.39 is 12.1 Å². The molecule has 1 aliphatic rings. The fraction of sp³-hybridized carbons (Fsp3) is 0.177. The second-order valence-electron chi connectivity index (χ2n) is 17.6. The van der Waals surface area contributed by atoms with Gasteiger partial charge in [0.25, 0.3) is 5.91 Å². The van der Waals surface area contributed by atoms with Gasteiger partial charge in [-0.2, -0.15) is 0 Å². The summed E-state index contributed by atoms with van der Waals surface area (Å²) < 4.78 is 25.4. The molecule has 0 bridgehead atoms. The molecule has 8 aromatic rings. The van der Waals surface area contributed by atoms with E-state index in [1.807, 2.05) is 152 Å². The maximum atomic E-state index is 15.1. The lowest BCUT2D eigenvalue weighted by atomic mass is 9.99. The van der Waals surface area contributed by atoms with Crippen molar-refractivity contribution < 1.29 is 38.2 Å². The molecule has 10 heteroatoms. The Hall–Kier alpha value is -8.47. The normalized spacial score (nSPS) is 13.5. The van der Waals surface area contributed by atoms with E-state index in [0.29, 0.717) is 59.3 Å². The molecule has 9 rings (SSSR count). The van der Waals surface area contributed by atoms with Gasteiger partial charge in [0.1, 0.15) is 38.3 Å². The zero-order chi connectivity index (χ0) is 49.3. The van der Waals surface area contributed by atoms with E-state index in [-0.39, 0.29) is 43.6 Å². The van der Waals surface area contributed by atoms with Crippen LogP contribution in [0.15, 0.2) is 212 Å². The number of nitrogens with zero attached hydrogens (tertiary/aromatic N) is 2. The monoisotopic (exact) mass is 956 g/mol. The summed E-state index contributed by atoms with van der Waals surface area (Å²) in [6, 6.07) is 66.0. The molecular formula is C62H56N2O8. The Morgan fingerprint density at radius 3 is 1.47 bits per heavy atom. The minimum Gasteiger partial charge on any atom is -0.489 e. The highest BCUT2D eigenvalue weighted by Gasteiger charge is 2.34. The molecule has 1 aliphatic heterocycles. The lowest BCUT2D eigenvalue weighted by Gasteiger charge is -2.37. The molecule has 72 heavy (non-hydrogen) atoms. The van der Waals surface area contributed by atoms with E-state index in [0.717, 1.165) is 47.1 Å². The van der Waals surface area contributed by atoms with Crippen LogP contribution in [0.3, 0.4) is 0 Å². The SMILES string of the molecule is O=C(ON1CCCCCC1N(Cc1ccccc1)C(=O)c1cccc(C(=O)c2cc(OCc3ccccc3)c(OCc3ccccc3)c(OCc3ccccc3)c2)c1)c1ccc(OCc2ccccc2)cc1. The van der Waals surface area contributed by atoms with Crippen LogP contribution in [0.2, 0.25) is 0 Å². The molecule has 0 saturated carbocycles. The molecule has 0 spiro atoms. The third-order valence-corrected chi connectivity index (χ3v) is 12.4. The molecule has 0 radical (unpaired) electrons. The summed E-state index contributed by atoms with van der Waals surface area (Å²) in [5, 5.41) is 1.65. The van der Waals surface area contributed by atoms with Crippen molar-refractivity contribution >= 4 is 17.7 Å². The van der Waals surface area contributed by atoms with Gasteiger partial charge in [0, 0.05) is 29.8 Å². The van der Waals surface area contributed by atoms with Crippen LogP contribution < -0.4 is 18.9 Å². The van der Waals surface area contributed by atoms with Crippen LogP contribution in [0.4, 0.5) is 0 Å². The fourth-order valence-corrected chi connectivity index (χ4v) is 8.55. The van der Waals surface area contributed by atoms with Crippen molar-refractivity contribution in [1.82, 2.24) is 9.96 Å². The largest absolute Gasteiger partial charge is 0.489 e. The van der Waals surface area contributed by atoms with Crippen molar-refractivity contribution in [3.63, 3.8) is 0 Å². The highest BCUT2D eigenvalue weighted by Crippen LogP contribution is 2.41. The first kappa shape index (κ1) is 48.5. The first-order valence-electron chi connectivity index (χ1n) is 24.4. The maximum absolute atomic E-state index is 15.1. The van der Waals surface area contributed by atoms with Crippen molar-refractivity contribution in [2.24, 2.45) is 0 Å². The van der Waals surface area contributed by atoms with Crippen LogP contribution in [-0.4, -0.2) is 40.3 Å². The average Bonchev–Trinajstić information content (AvgIpc) is 3.68. The van der Waals surface area contributed by atoms with Crippen molar-refractivity contribution in [2.75, 3.05) is 6.54 Å². The third-order valence-electron chi connectivity index (χ3n) is 12.4. The van der Waals surface area contributed by atoms with E-state index in [2.05, 4.69) is 0 Å². The quantitative estimate of drug-likeness (QED) is 0.0691. The minimum absolute atomic E-state index is 0.212. The summed E-state index contributed by atoms with van der Waals surface area (Å²) in [7, 11) is 0. The number of carbonyl (C=O) groups is 3. The van der Waals surface area contributed by atoms with Gasteiger partial charge in [-0.15, -0.1) is 5.06 Å². The van der Waals surface area contributed by atoms with Gasteiger partial charge in [0.05, 0.1) is 5.56 Å². The van der Waals surface area contributed by atoms with Crippen molar-refractivity contribution in [3.05, 3.63) is 262 Å².